The number of hydrogen-bond donors (Lipinski definition) is 0. The molecule has 1 aliphatic heterocycles. The smallest absolute Gasteiger partial charge is 0.238 e. The van der Waals surface area contributed by atoms with Crippen LogP contribution in [-0.2, 0) is 9.59 Å². The van der Waals surface area contributed by atoms with Crippen LogP contribution in [-0.4, -0.2) is 41.8 Å². The molecule has 2 rings (SSSR count). The molecule has 15 heavy (non-hydrogen) atoms. The van der Waals surface area contributed by atoms with Crippen molar-refractivity contribution in [1.29, 1.82) is 0 Å². The number of hydrazine groups is 1. The van der Waals surface area contributed by atoms with Gasteiger partial charge in [-0.2, -0.15) is 0 Å². The average Bonchev–Trinajstić information content (AvgIpc) is 2.38. The van der Waals surface area contributed by atoms with Crippen LogP contribution >= 0.6 is 0 Å². The summed E-state index contributed by atoms with van der Waals surface area (Å²) >= 11 is 0. The molecular weight excluding hydrogens is 192 g/mol. The van der Waals surface area contributed by atoms with Gasteiger partial charge in [0.25, 0.3) is 0 Å². The molecule has 4 heteroatoms. The second-order valence-corrected chi connectivity index (χ2v) is 4.51. The summed E-state index contributed by atoms with van der Waals surface area (Å²) in [5.41, 5.74) is 0. The van der Waals surface area contributed by atoms with Gasteiger partial charge in [0.2, 0.25) is 5.91 Å². The molecule has 2 aliphatic rings. The lowest BCUT2D eigenvalue weighted by molar-refractivity contribution is -0.138. The Morgan fingerprint density at radius 2 is 2.20 bits per heavy atom. The second-order valence-electron chi connectivity index (χ2n) is 4.51. The highest BCUT2D eigenvalue weighted by atomic mass is 16.2. The molecule has 0 radical (unpaired) electrons. The van der Waals surface area contributed by atoms with E-state index in [-0.39, 0.29) is 5.91 Å². The number of carbonyl (C=O) groups excluding carboxylic acids is 2. The molecule has 0 aromatic carbocycles. The zero-order valence-corrected chi connectivity index (χ0v) is 9.19. The van der Waals surface area contributed by atoms with E-state index in [2.05, 4.69) is 5.01 Å². The largest absolute Gasteiger partial charge is 0.303 e. The summed E-state index contributed by atoms with van der Waals surface area (Å²) in [7, 11) is 1.97. The van der Waals surface area contributed by atoms with E-state index < -0.39 is 0 Å². The third-order valence-corrected chi connectivity index (χ3v) is 3.69. The monoisotopic (exact) mass is 210 g/mol. The van der Waals surface area contributed by atoms with E-state index in [4.69, 9.17) is 0 Å². The first-order valence-electron chi connectivity index (χ1n) is 5.70. The average molecular weight is 210 g/mol. The summed E-state index contributed by atoms with van der Waals surface area (Å²) in [6.45, 7) is 0.544. The normalized spacial score (nSPS) is 28.2. The van der Waals surface area contributed by atoms with E-state index in [1.54, 1.807) is 5.01 Å². The fraction of sp³-hybridized carbons (Fsp3) is 0.818. The summed E-state index contributed by atoms with van der Waals surface area (Å²) < 4.78 is 0. The van der Waals surface area contributed by atoms with Gasteiger partial charge in [0.1, 0.15) is 6.29 Å². The molecule has 1 heterocycles. The Bertz CT molecular complexity index is 263. The summed E-state index contributed by atoms with van der Waals surface area (Å²) in [5.74, 6) is 0.872. The van der Waals surface area contributed by atoms with Gasteiger partial charge in [-0.05, 0) is 18.8 Å². The quantitative estimate of drug-likeness (QED) is 0.645. The highest BCUT2D eigenvalue weighted by molar-refractivity contribution is 5.78. The fourth-order valence-corrected chi connectivity index (χ4v) is 2.53. The Labute approximate surface area is 90.2 Å². The maximum Gasteiger partial charge on any atom is 0.238 e. The molecule has 1 saturated heterocycles. The van der Waals surface area contributed by atoms with Crippen LogP contribution in [0.1, 0.15) is 32.1 Å². The van der Waals surface area contributed by atoms with E-state index in [1.165, 1.54) is 19.3 Å². The maximum atomic E-state index is 11.7. The van der Waals surface area contributed by atoms with Gasteiger partial charge in [-0.15, -0.1) is 0 Å². The Hall–Kier alpha value is -0.900. The SMILES string of the molecule is CN1C(C2CCC2)CC(=O)N1CCC=O. The van der Waals surface area contributed by atoms with Gasteiger partial charge in [-0.1, -0.05) is 6.42 Å². The molecule has 1 amide bonds. The molecule has 84 valence electrons. The predicted octanol–water partition coefficient (Wildman–Crippen LogP) is 0.823. The van der Waals surface area contributed by atoms with Gasteiger partial charge in [-0.3, -0.25) is 9.80 Å². The fourth-order valence-electron chi connectivity index (χ4n) is 2.53. The van der Waals surface area contributed by atoms with Crippen molar-refractivity contribution in [2.45, 2.75) is 38.1 Å². The third-order valence-electron chi connectivity index (χ3n) is 3.69. The van der Waals surface area contributed by atoms with E-state index in [0.29, 0.717) is 31.3 Å². The van der Waals surface area contributed by atoms with Gasteiger partial charge in [0.15, 0.2) is 0 Å². The molecular formula is C11H18N2O2. The van der Waals surface area contributed by atoms with E-state index >= 15 is 0 Å². The van der Waals surface area contributed by atoms with Crippen molar-refractivity contribution in [3.05, 3.63) is 0 Å². The second kappa shape index (κ2) is 4.31. The van der Waals surface area contributed by atoms with Crippen molar-refractivity contribution in [2.75, 3.05) is 13.6 Å². The van der Waals surface area contributed by atoms with E-state index in [0.717, 1.165) is 6.29 Å². The first-order chi connectivity index (χ1) is 7.24. The number of hydrogen-bond acceptors (Lipinski definition) is 3. The van der Waals surface area contributed by atoms with Crippen LogP contribution in [0.4, 0.5) is 0 Å². The van der Waals surface area contributed by atoms with Crippen molar-refractivity contribution >= 4 is 12.2 Å². The lowest BCUT2D eigenvalue weighted by Crippen LogP contribution is -2.44. The van der Waals surface area contributed by atoms with Crippen LogP contribution in [0.5, 0.6) is 0 Å². The topological polar surface area (TPSA) is 40.6 Å². The van der Waals surface area contributed by atoms with Crippen molar-refractivity contribution in [3.8, 4) is 0 Å². The summed E-state index contributed by atoms with van der Waals surface area (Å²) in [4.78, 5) is 22.0. The van der Waals surface area contributed by atoms with Gasteiger partial charge in [-0.25, -0.2) is 5.01 Å². The van der Waals surface area contributed by atoms with Crippen molar-refractivity contribution in [2.24, 2.45) is 5.92 Å². The molecule has 0 bridgehead atoms. The number of nitrogens with zero attached hydrogens (tertiary/aromatic N) is 2. The molecule has 1 saturated carbocycles. The standard InChI is InChI=1S/C11H18N2O2/c1-12-10(9-4-2-5-9)8-11(15)13(12)6-3-7-14/h7,9-10H,2-6,8H2,1H3. The molecule has 0 N–H and O–H groups in total. The number of aldehydes is 1. The third kappa shape index (κ3) is 1.91. The van der Waals surface area contributed by atoms with E-state index in [9.17, 15) is 9.59 Å². The Balaban J connectivity index is 1.95. The molecule has 0 aromatic heterocycles. The predicted molar refractivity (Wildman–Crippen MR) is 55.9 cm³/mol. The van der Waals surface area contributed by atoms with Gasteiger partial charge >= 0.3 is 0 Å². The Kier molecular flexibility index (Phi) is 3.05. The lowest BCUT2D eigenvalue weighted by Gasteiger charge is -2.36. The minimum Gasteiger partial charge on any atom is -0.303 e. The van der Waals surface area contributed by atoms with Crippen LogP contribution in [0, 0.1) is 5.92 Å². The first-order valence-corrected chi connectivity index (χ1v) is 5.70. The zero-order valence-electron chi connectivity index (χ0n) is 9.19. The van der Waals surface area contributed by atoms with Crippen LogP contribution < -0.4 is 0 Å². The van der Waals surface area contributed by atoms with E-state index in [1.807, 2.05) is 7.05 Å². The van der Waals surface area contributed by atoms with Gasteiger partial charge < -0.3 is 4.79 Å². The molecule has 1 aliphatic carbocycles. The van der Waals surface area contributed by atoms with Crippen LogP contribution in [0.3, 0.4) is 0 Å². The van der Waals surface area contributed by atoms with Crippen LogP contribution in [0.15, 0.2) is 0 Å². The highest BCUT2D eigenvalue weighted by Gasteiger charge is 2.41. The van der Waals surface area contributed by atoms with Gasteiger partial charge in [0.05, 0.1) is 0 Å². The number of rotatable bonds is 4. The van der Waals surface area contributed by atoms with Crippen molar-refractivity contribution in [1.82, 2.24) is 10.0 Å². The molecule has 4 nitrogen and oxygen atoms in total. The minimum atomic E-state index is 0.177. The Morgan fingerprint density at radius 3 is 2.73 bits per heavy atom. The maximum absolute atomic E-state index is 11.7. The molecule has 1 unspecified atom stereocenters. The molecule has 0 aromatic rings. The lowest BCUT2D eigenvalue weighted by atomic mass is 9.79. The molecule has 2 fully saturated rings. The Morgan fingerprint density at radius 1 is 1.47 bits per heavy atom. The summed E-state index contributed by atoms with van der Waals surface area (Å²) in [5, 5.41) is 3.78. The zero-order chi connectivity index (χ0) is 10.8. The number of carbonyl (C=O) groups is 2. The number of amides is 1. The summed E-state index contributed by atoms with van der Waals surface area (Å²) in [6, 6.07) is 0.387. The van der Waals surface area contributed by atoms with Gasteiger partial charge in [0, 0.05) is 32.5 Å². The first kappa shape index (κ1) is 10.6. The van der Waals surface area contributed by atoms with Crippen LogP contribution in [0.2, 0.25) is 0 Å². The summed E-state index contributed by atoms with van der Waals surface area (Å²) in [6.07, 6.45) is 5.76. The molecule has 0 spiro atoms. The molecule has 1 atom stereocenters. The highest BCUT2D eigenvalue weighted by Crippen LogP contribution is 2.36. The van der Waals surface area contributed by atoms with Crippen molar-refractivity contribution in [3.63, 3.8) is 0 Å². The minimum absolute atomic E-state index is 0.177. The van der Waals surface area contributed by atoms with Crippen molar-refractivity contribution < 1.29 is 9.59 Å². The van der Waals surface area contributed by atoms with Crippen LogP contribution in [0.25, 0.3) is 0 Å².